The fourth-order valence-electron chi connectivity index (χ4n) is 3.33. The number of phenols is 1. The minimum absolute atomic E-state index is 0.0123. The van der Waals surface area contributed by atoms with Gasteiger partial charge in [0.05, 0.1) is 0 Å². The SMILES string of the molecule is O=C1NC(=O)C(CCC(=O)N2CCC(c3cccc(O)c3)CC2)N1. The summed E-state index contributed by atoms with van der Waals surface area (Å²) in [4.78, 5) is 36.6. The molecule has 2 heterocycles. The third-order valence-electron chi connectivity index (χ3n) is 4.69. The van der Waals surface area contributed by atoms with Crippen molar-refractivity contribution in [1.29, 1.82) is 0 Å². The van der Waals surface area contributed by atoms with Gasteiger partial charge in [0, 0.05) is 19.5 Å². The molecular weight excluding hydrogens is 310 g/mol. The normalized spacial score (nSPS) is 21.5. The molecule has 0 aliphatic carbocycles. The predicted octanol–water partition coefficient (Wildman–Crippen LogP) is 1.09. The molecule has 7 nitrogen and oxygen atoms in total. The van der Waals surface area contributed by atoms with Gasteiger partial charge >= 0.3 is 6.03 Å². The number of aromatic hydroxyl groups is 1. The van der Waals surface area contributed by atoms with E-state index in [2.05, 4.69) is 10.6 Å². The van der Waals surface area contributed by atoms with Crippen LogP contribution in [0.1, 0.15) is 37.2 Å². The number of urea groups is 1. The molecule has 0 spiro atoms. The first-order valence-corrected chi connectivity index (χ1v) is 8.21. The zero-order valence-corrected chi connectivity index (χ0v) is 13.3. The van der Waals surface area contributed by atoms with Gasteiger partial charge < -0.3 is 15.3 Å². The number of carbonyl (C=O) groups is 3. The average Bonchev–Trinajstić information content (AvgIpc) is 2.90. The van der Waals surface area contributed by atoms with E-state index in [1.54, 1.807) is 12.1 Å². The van der Waals surface area contributed by atoms with Gasteiger partial charge in [-0.2, -0.15) is 0 Å². The molecule has 3 rings (SSSR count). The molecule has 0 radical (unpaired) electrons. The third-order valence-corrected chi connectivity index (χ3v) is 4.69. The fourth-order valence-corrected chi connectivity index (χ4v) is 3.33. The van der Waals surface area contributed by atoms with Crippen molar-refractivity contribution in [1.82, 2.24) is 15.5 Å². The van der Waals surface area contributed by atoms with Crippen LogP contribution in [0.2, 0.25) is 0 Å². The van der Waals surface area contributed by atoms with Crippen molar-refractivity contribution in [3.8, 4) is 5.75 Å². The minimum Gasteiger partial charge on any atom is -0.508 e. The first kappa shape index (κ1) is 16.3. The fraction of sp³-hybridized carbons (Fsp3) is 0.471. The summed E-state index contributed by atoms with van der Waals surface area (Å²) in [5.74, 6) is 0.262. The zero-order valence-electron chi connectivity index (χ0n) is 13.3. The smallest absolute Gasteiger partial charge is 0.322 e. The summed E-state index contributed by atoms with van der Waals surface area (Å²) in [7, 11) is 0. The quantitative estimate of drug-likeness (QED) is 0.719. The maximum atomic E-state index is 12.3. The third kappa shape index (κ3) is 3.67. The summed E-state index contributed by atoms with van der Waals surface area (Å²) in [6, 6.07) is 6.17. The molecule has 3 N–H and O–H groups in total. The number of hydrogen-bond acceptors (Lipinski definition) is 4. The molecule has 2 aliphatic heterocycles. The van der Waals surface area contributed by atoms with Crippen molar-refractivity contribution >= 4 is 17.8 Å². The Morgan fingerprint density at radius 1 is 1.25 bits per heavy atom. The summed E-state index contributed by atoms with van der Waals surface area (Å²) in [5.41, 5.74) is 1.10. The van der Waals surface area contributed by atoms with Gasteiger partial charge in [-0.15, -0.1) is 0 Å². The molecule has 2 saturated heterocycles. The molecule has 2 aliphatic rings. The van der Waals surface area contributed by atoms with Gasteiger partial charge in [-0.05, 0) is 42.9 Å². The number of hydrogen-bond donors (Lipinski definition) is 3. The number of rotatable bonds is 4. The first-order chi connectivity index (χ1) is 11.5. The Morgan fingerprint density at radius 2 is 2.00 bits per heavy atom. The highest BCUT2D eigenvalue weighted by atomic mass is 16.3. The topological polar surface area (TPSA) is 98.7 Å². The second-order valence-corrected chi connectivity index (χ2v) is 6.30. The summed E-state index contributed by atoms with van der Waals surface area (Å²) in [6.07, 6.45) is 2.28. The van der Waals surface area contributed by atoms with E-state index in [1.165, 1.54) is 0 Å². The van der Waals surface area contributed by atoms with Gasteiger partial charge in [0.25, 0.3) is 5.91 Å². The Bertz CT molecular complexity index is 653. The highest BCUT2D eigenvalue weighted by Gasteiger charge is 2.31. The van der Waals surface area contributed by atoms with Crippen molar-refractivity contribution in [2.24, 2.45) is 0 Å². The summed E-state index contributed by atoms with van der Waals surface area (Å²) < 4.78 is 0. The molecule has 0 aromatic heterocycles. The van der Waals surface area contributed by atoms with E-state index < -0.39 is 12.1 Å². The van der Waals surface area contributed by atoms with Gasteiger partial charge in [-0.25, -0.2) is 4.79 Å². The van der Waals surface area contributed by atoms with Crippen molar-refractivity contribution in [3.05, 3.63) is 29.8 Å². The van der Waals surface area contributed by atoms with Crippen LogP contribution in [0.4, 0.5) is 4.79 Å². The van der Waals surface area contributed by atoms with Crippen molar-refractivity contribution < 1.29 is 19.5 Å². The lowest BCUT2D eigenvalue weighted by molar-refractivity contribution is -0.132. The zero-order chi connectivity index (χ0) is 17.1. The van der Waals surface area contributed by atoms with Crippen LogP contribution in [0.3, 0.4) is 0 Å². The molecule has 24 heavy (non-hydrogen) atoms. The molecule has 1 unspecified atom stereocenters. The maximum Gasteiger partial charge on any atom is 0.322 e. The van der Waals surface area contributed by atoms with E-state index in [9.17, 15) is 19.5 Å². The molecule has 2 fully saturated rings. The van der Waals surface area contributed by atoms with Crippen molar-refractivity contribution in [2.75, 3.05) is 13.1 Å². The molecule has 0 bridgehead atoms. The van der Waals surface area contributed by atoms with Crippen LogP contribution in [-0.4, -0.2) is 47.0 Å². The minimum atomic E-state index is -0.605. The number of amides is 4. The number of phenolic OH excluding ortho intramolecular Hbond substituents is 1. The standard InChI is InChI=1S/C17H21N3O4/c21-13-3-1-2-12(10-13)11-6-8-20(9-7-11)15(22)5-4-14-16(23)19-17(24)18-14/h1-3,10-11,14,21H,4-9H2,(H2,18,19,23,24). The monoisotopic (exact) mass is 331 g/mol. The number of piperidine rings is 1. The van der Waals surface area contributed by atoms with E-state index in [0.29, 0.717) is 25.4 Å². The van der Waals surface area contributed by atoms with E-state index in [0.717, 1.165) is 18.4 Å². The molecule has 4 amide bonds. The lowest BCUT2D eigenvalue weighted by Crippen LogP contribution is -2.39. The predicted molar refractivity (Wildman–Crippen MR) is 86.4 cm³/mol. The molecule has 128 valence electrons. The molecule has 1 atom stereocenters. The number of imide groups is 1. The van der Waals surface area contributed by atoms with Gasteiger partial charge in [0.15, 0.2) is 0 Å². The number of likely N-dealkylation sites (tertiary alicyclic amines) is 1. The number of benzene rings is 1. The number of nitrogens with one attached hydrogen (secondary N) is 2. The van der Waals surface area contributed by atoms with Gasteiger partial charge in [-0.1, -0.05) is 12.1 Å². The summed E-state index contributed by atoms with van der Waals surface area (Å²) in [5, 5.41) is 14.2. The lowest BCUT2D eigenvalue weighted by atomic mass is 9.89. The number of carbonyl (C=O) groups excluding carboxylic acids is 3. The molecule has 1 aromatic carbocycles. The van der Waals surface area contributed by atoms with Crippen LogP contribution < -0.4 is 10.6 Å². The molecule has 0 saturated carbocycles. The Balaban J connectivity index is 1.47. The van der Waals surface area contributed by atoms with Crippen LogP contribution in [0, 0.1) is 0 Å². The van der Waals surface area contributed by atoms with Crippen LogP contribution in [-0.2, 0) is 9.59 Å². The van der Waals surface area contributed by atoms with Crippen LogP contribution in [0.25, 0.3) is 0 Å². The first-order valence-electron chi connectivity index (χ1n) is 8.21. The van der Waals surface area contributed by atoms with E-state index >= 15 is 0 Å². The van der Waals surface area contributed by atoms with Crippen LogP contribution in [0.15, 0.2) is 24.3 Å². The van der Waals surface area contributed by atoms with Gasteiger partial charge in [0.1, 0.15) is 11.8 Å². The van der Waals surface area contributed by atoms with E-state index in [-0.39, 0.29) is 24.0 Å². The maximum absolute atomic E-state index is 12.3. The summed E-state index contributed by atoms with van der Waals surface area (Å²) in [6.45, 7) is 1.34. The molecule has 7 heteroatoms. The second-order valence-electron chi connectivity index (χ2n) is 6.30. The number of nitrogens with zero attached hydrogens (tertiary/aromatic N) is 1. The Morgan fingerprint density at radius 3 is 2.62 bits per heavy atom. The van der Waals surface area contributed by atoms with Crippen LogP contribution >= 0.6 is 0 Å². The van der Waals surface area contributed by atoms with Crippen LogP contribution in [0.5, 0.6) is 5.75 Å². The highest BCUT2D eigenvalue weighted by Crippen LogP contribution is 2.30. The Kier molecular flexibility index (Phi) is 4.69. The van der Waals surface area contributed by atoms with E-state index in [4.69, 9.17) is 0 Å². The molecule has 1 aromatic rings. The summed E-state index contributed by atoms with van der Waals surface area (Å²) >= 11 is 0. The van der Waals surface area contributed by atoms with Crippen molar-refractivity contribution in [2.45, 2.75) is 37.6 Å². The van der Waals surface area contributed by atoms with Gasteiger partial charge in [-0.3, -0.25) is 14.9 Å². The van der Waals surface area contributed by atoms with E-state index in [1.807, 2.05) is 17.0 Å². The second kappa shape index (κ2) is 6.90. The van der Waals surface area contributed by atoms with Crippen molar-refractivity contribution in [3.63, 3.8) is 0 Å². The molecular formula is C17H21N3O4. The Labute approximate surface area is 140 Å². The highest BCUT2D eigenvalue weighted by molar-refractivity contribution is 6.04. The average molecular weight is 331 g/mol. The largest absolute Gasteiger partial charge is 0.508 e. The lowest BCUT2D eigenvalue weighted by Gasteiger charge is -2.32. The Hall–Kier alpha value is -2.57. The van der Waals surface area contributed by atoms with Gasteiger partial charge in [0.2, 0.25) is 5.91 Å².